The van der Waals surface area contributed by atoms with Gasteiger partial charge in [0.1, 0.15) is 11.7 Å². The van der Waals surface area contributed by atoms with Crippen molar-refractivity contribution >= 4 is 17.7 Å². The molecule has 1 amide bonds. The predicted molar refractivity (Wildman–Crippen MR) is 99.8 cm³/mol. The maximum Gasteiger partial charge on any atom is 0.328 e. The van der Waals surface area contributed by atoms with Crippen molar-refractivity contribution in [3.63, 3.8) is 0 Å². The van der Waals surface area contributed by atoms with E-state index in [1.807, 2.05) is 42.8 Å². The maximum absolute atomic E-state index is 12.5. The fourth-order valence-corrected chi connectivity index (χ4v) is 2.77. The zero-order valence-corrected chi connectivity index (χ0v) is 15.4. The molecule has 3 aromatic rings. The quantitative estimate of drug-likeness (QED) is 0.697. The first-order valence-electron chi connectivity index (χ1n) is 8.53. The van der Waals surface area contributed by atoms with Crippen LogP contribution < -0.4 is 5.32 Å². The number of carbonyl (C=O) groups is 2. The second-order valence-electron chi connectivity index (χ2n) is 6.38. The summed E-state index contributed by atoms with van der Waals surface area (Å²) in [5.41, 5.74) is 3.39. The van der Waals surface area contributed by atoms with E-state index < -0.39 is 17.9 Å². The van der Waals surface area contributed by atoms with Gasteiger partial charge in [-0.15, -0.1) is 0 Å². The lowest BCUT2D eigenvalue weighted by Crippen LogP contribution is -2.24. The minimum absolute atomic E-state index is 0.163. The number of amides is 1. The molecule has 1 aromatic carbocycles. The van der Waals surface area contributed by atoms with Crippen LogP contribution in [0.4, 0.5) is 5.82 Å². The van der Waals surface area contributed by atoms with Gasteiger partial charge in [0, 0.05) is 18.0 Å². The molecule has 0 spiro atoms. The van der Waals surface area contributed by atoms with Crippen molar-refractivity contribution in [3.05, 3.63) is 65.1 Å². The van der Waals surface area contributed by atoms with Crippen molar-refractivity contribution in [1.82, 2.24) is 19.6 Å². The highest BCUT2D eigenvalue weighted by Gasteiger charge is 2.21. The number of hydrogen-bond acceptors (Lipinski definition) is 4. The standard InChI is InChI=1S/C19H21N5O3/c1-12-6-4-5-7-15(12)11-23-13(2)10-17(22-23)21-18(25)16-8-9-20-24(16)14(3)19(26)27/h4-10,14H,11H2,1-3H3,(H,26,27)(H,21,22,25). The van der Waals surface area contributed by atoms with E-state index in [1.54, 1.807) is 6.07 Å². The molecule has 0 saturated carbocycles. The molecular formula is C19H21N5O3. The molecule has 1 atom stereocenters. The highest BCUT2D eigenvalue weighted by atomic mass is 16.4. The minimum atomic E-state index is -1.06. The second kappa shape index (κ2) is 7.45. The molecule has 1 unspecified atom stereocenters. The van der Waals surface area contributed by atoms with Crippen molar-refractivity contribution < 1.29 is 14.7 Å². The van der Waals surface area contributed by atoms with E-state index in [2.05, 4.69) is 15.5 Å². The van der Waals surface area contributed by atoms with Gasteiger partial charge in [-0.25, -0.2) is 9.48 Å². The summed E-state index contributed by atoms with van der Waals surface area (Å²) in [5.74, 6) is -1.12. The number of nitrogens with zero attached hydrogens (tertiary/aromatic N) is 4. The zero-order valence-electron chi connectivity index (χ0n) is 15.4. The smallest absolute Gasteiger partial charge is 0.328 e. The van der Waals surface area contributed by atoms with Gasteiger partial charge < -0.3 is 10.4 Å². The Kier molecular flexibility index (Phi) is 5.07. The molecule has 0 fully saturated rings. The van der Waals surface area contributed by atoms with Gasteiger partial charge in [0.15, 0.2) is 5.82 Å². The van der Waals surface area contributed by atoms with Crippen LogP contribution in [0.5, 0.6) is 0 Å². The Labute approximate surface area is 156 Å². The van der Waals surface area contributed by atoms with Crippen LogP contribution in [-0.2, 0) is 11.3 Å². The Morgan fingerprint density at radius 2 is 1.96 bits per heavy atom. The summed E-state index contributed by atoms with van der Waals surface area (Å²) >= 11 is 0. The molecule has 2 aromatic heterocycles. The van der Waals surface area contributed by atoms with E-state index in [0.29, 0.717) is 12.4 Å². The molecule has 0 aliphatic carbocycles. The van der Waals surface area contributed by atoms with Gasteiger partial charge in [-0.05, 0) is 38.0 Å². The normalized spacial score (nSPS) is 12.0. The molecule has 2 N–H and O–H groups in total. The minimum Gasteiger partial charge on any atom is -0.480 e. The Hall–Kier alpha value is -3.42. The number of aliphatic carboxylic acids is 1. The number of aryl methyl sites for hydroxylation is 2. The van der Waals surface area contributed by atoms with Crippen LogP contribution in [0, 0.1) is 13.8 Å². The van der Waals surface area contributed by atoms with E-state index in [9.17, 15) is 9.59 Å². The van der Waals surface area contributed by atoms with Gasteiger partial charge in [0.2, 0.25) is 0 Å². The molecule has 0 aliphatic heterocycles. The first-order valence-corrected chi connectivity index (χ1v) is 8.53. The number of aromatic nitrogens is 4. The number of carbonyl (C=O) groups excluding carboxylic acids is 1. The van der Waals surface area contributed by atoms with E-state index in [0.717, 1.165) is 11.3 Å². The lowest BCUT2D eigenvalue weighted by molar-refractivity contribution is -0.140. The lowest BCUT2D eigenvalue weighted by atomic mass is 10.1. The average molecular weight is 367 g/mol. The number of benzene rings is 1. The summed E-state index contributed by atoms with van der Waals surface area (Å²) in [6, 6.07) is 10.4. The summed E-state index contributed by atoms with van der Waals surface area (Å²) in [7, 11) is 0. The van der Waals surface area contributed by atoms with Crippen molar-refractivity contribution in [2.24, 2.45) is 0 Å². The third kappa shape index (κ3) is 3.89. The summed E-state index contributed by atoms with van der Waals surface area (Å²) < 4.78 is 2.99. The monoisotopic (exact) mass is 367 g/mol. The zero-order chi connectivity index (χ0) is 19.6. The Balaban J connectivity index is 1.78. The SMILES string of the molecule is Cc1ccccc1Cn1nc(NC(=O)c2ccnn2C(C)C(=O)O)cc1C. The van der Waals surface area contributed by atoms with Crippen LogP contribution in [0.15, 0.2) is 42.6 Å². The molecule has 3 rings (SSSR count). The topological polar surface area (TPSA) is 102 Å². The van der Waals surface area contributed by atoms with E-state index in [1.165, 1.54) is 29.4 Å². The van der Waals surface area contributed by atoms with Gasteiger partial charge in [-0.2, -0.15) is 10.2 Å². The third-order valence-electron chi connectivity index (χ3n) is 4.43. The molecule has 0 saturated heterocycles. The first-order chi connectivity index (χ1) is 12.9. The summed E-state index contributed by atoms with van der Waals surface area (Å²) in [4.78, 5) is 23.7. The summed E-state index contributed by atoms with van der Waals surface area (Å²) in [6.45, 7) is 6.02. The Morgan fingerprint density at radius 1 is 1.22 bits per heavy atom. The van der Waals surface area contributed by atoms with E-state index in [4.69, 9.17) is 5.11 Å². The van der Waals surface area contributed by atoms with Crippen LogP contribution in [0.2, 0.25) is 0 Å². The summed E-state index contributed by atoms with van der Waals surface area (Å²) in [6.07, 6.45) is 1.40. The fraction of sp³-hybridized carbons (Fsp3) is 0.263. The van der Waals surface area contributed by atoms with Gasteiger partial charge in [0.05, 0.1) is 6.54 Å². The number of hydrogen-bond donors (Lipinski definition) is 2. The van der Waals surface area contributed by atoms with E-state index in [-0.39, 0.29) is 5.69 Å². The summed E-state index contributed by atoms with van der Waals surface area (Å²) in [5, 5.41) is 20.2. The largest absolute Gasteiger partial charge is 0.480 e. The highest BCUT2D eigenvalue weighted by molar-refractivity contribution is 6.02. The molecule has 8 heteroatoms. The second-order valence-corrected chi connectivity index (χ2v) is 6.38. The molecule has 0 radical (unpaired) electrons. The Bertz CT molecular complexity index is 989. The van der Waals surface area contributed by atoms with Crippen LogP contribution in [0.25, 0.3) is 0 Å². The van der Waals surface area contributed by atoms with Gasteiger partial charge in [-0.3, -0.25) is 9.48 Å². The number of carboxylic acids is 1. The number of anilines is 1. The van der Waals surface area contributed by atoms with Gasteiger partial charge in [0.25, 0.3) is 5.91 Å². The molecule has 0 aliphatic rings. The molecule has 8 nitrogen and oxygen atoms in total. The van der Waals surface area contributed by atoms with Crippen molar-refractivity contribution in [1.29, 1.82) is 0 Å². The van der Waals surface area contributed by atoms with Crippen LogP contribution in [0.1, 0.15) is 40.3 Å². The van der Waals surface area contributed by atoms with Crippen LogP contribution >= 0.6 is 0 Å². The molecular weight excluding hydrogens is 346 g/mol. The lowest BCUT2D eigenvalue weighted by Gasteiger charge is -2.10. The molecule has 2 heterocycles. The number of rotatable bonds is 6. The highest BCUT2D eigenvalue weighted by Crippen LogP contribution is 2.16. The molecule has 27 heavy (non-hydrogen) atoms. The van der Waals surface area contributed by atoms with Crippen LogP contribution in [0.3, 0.4) is 0 Å². The third-order valence-corrected chi connectivity index (χ3v) is 4.43. The number of nitrogens with one attached hydrogen (secondary N) is 1. The maximum atomic E-state index is 12.5. The number of carboxylic acid groups (broad SMARTS) is 1. The van der Waals surface area contributed by atoms with Crippen molar-refractivity contribution in [2.45, 2.75) is 33.4 Å². The van der Waals surface area contributed by atoms with Gasteiger partial charge in [-0.1, -0.05) is 24.3 Å². The van der Waals surface area contributed by atoms with Crippen LogP contribution in [-0.4, -0.2) is 36.5 Å². The first kappa shape index (κ1) is 18.4. The molecule has 0 bridgehead atoms. The molecule has 140 valence electrons. The predicted octanol–water partition coefficient (Wildman–Crippen LogP) is 2.64. The van der Waals surface area contributed by atoms with E-state index >= 15 is 0 Å². The van der Waals surface area contributed by atoms with Crippen molar-refractivity contribution in [3.8, 4) is 0 Å². The van der Waals surface area contributed by atoms with Gasteiger partial charge >= 0.3 is 5.97 Å². The fourth-order valence-electron chi connectivity index (χ4n) is 2.77. The Morgan fingerprint density at radius 3 is 2.67 bits per heavy atom. The average Bonchev–Trinajstić information content (AvgIpc) is 3.23. The van der Waals surface area contributed by atoms with Crippen molar-refractivity contribution in [2.75, 3.05) is 5.32 Å².